The highest BCUT2D eigenvalue weighted by Gasteiger charge is 2.50. The van der Waals surface area contributed by atoms with E-state index in [2.05, 4.69) is 0 Å². The molecule has 3 aromatic rings. The van der Waals surface area contributed by atoms with Gasteiger partial charge in [0.2, 0.25) is 0 Å². The van der Waals surface area contributed by atoms with Crippen LogP contribution >= 0.6 is 0 Å². The molecule has 25 heavy (non-hydrogen) atoms. The minimum Gasteiger partial charge on any atom is -0.372 e. The van der Waals surface area contributed by atoms with Crippen molar-refractivity contribution in [2.45, 2.75) is 19.1 Å². The van der Waals surface area contributed by atoms with E-state index < -0.39 is 5.60 Å². The monoisotopic (exact) mass is 329 g/mol. The van der Waals surface area contributed by atoms with E-state index in [1.165, 1.54) is 0 Å². The number of hydrogen-bond acceptors (Lipinski definition) is 2. The number of carbonyl (C=O) groups is 1. The molecule has 0 bridgehead atoms. The van der Waals surface area contributed by atoms with Gasteiger partial charge in [0.15, 0.2) is 5.60 Å². The van der Waals surface area contributed by atoms with Crippen molar-refractivity contribution in [3.05, 3.63) is 101 Å². The predicted octanol–water partition coefficient (Wildman–Crippen LogP) is 3.78. The van der Waals surface area contributed by atoms with Gasteiger partial charge in [-0.05, 0) is 24.1 Å². The van der Waals surface area contributed by atoms with Crippen molar-refractivity contribution in [3.63, 3.8) is 0 Å². The Hall–Kier alpha value is -2.91. The highest BCUT2D eigenvalue weighted by atomic mass is 16.3. The highest BCUT2D eigenvalue weighted by molar-refractivity contribution is 6.09. The number of rotatable bonds is 3. The van der Waals surface area contributed by atoms with E-state index in [1.54, 1.807) is 4.90 Å². The van der Waals surface area contributed by atoms with Crippen molar-refractivity contribution in [2.24, 2.45) is 0 Å². The number of fused-ring (bicyclic) bond motifs is 1. The number of aryl methyl sites for hydroxylation is 1. The molecule has 1 N–H and O–H groups in total. The summed E-state index contributed by atoms with van der Waals surface area (Å²) in [5, 5.41) is 11.4. The van der Waals surface area contributed by atoms with E-state index in [0.717, 1.165) is 16.8 Å². The third kappa shape index (κ3) is 2.44. The summed E-state index contributed by atoms with van der Waals surface area (Å²) < 4.78 is 0. The molecule has 0 saturated carbocycles. The summed E-state index contributed by atoms with van der Waals surface area (Å²) in [5.41, 5.74) is 2.48. The van der Waals surface area contributed by atoms with Crippen molar-refractivity contribution in [1.29, 1.82) is 0 Å². The maximum atomic E-state index is 13.2. The lowest BCUT2D eigenvalue weighted by molar-refractivity contribution is -0.132. The van der Waals surface area contributed by atoms with Crippen LogP contribution in [0.4, 0.5) is 5.69 Å². The Bertz CT molecular complexity index is 918. The van der Waals surface area contributed by atoms with Gasteiger partial charge in [0, 0.05) is 5.56 Å². The number of benzene rings is 3. The van der Waals surface area contributed by atoms with Crippen molar-refractivity contribution >= 4 is 11.6 Å². The standard InChI is InChI=1S/C22H19NO2/c1-16-11-13-18(14-12-16)22(25)19-9-5-6-10-20(19)23(21(22)24)15-17-7-3-2-4-8-17/h2-14,25H,15H2,1H3. The van der Waals surface area contributed by atoms with Crippen molar-refractivity contribution in [3.8, 4) is 0 Å². The van der Waals surface area contributed by atoms with Crippen LogP contribution in [-0.4, -0.2) is 11.0 Å². The van der Waals surface area contributed by atoms with Crippen LogP contribution in [0.2, 0.25) is 0 Å². The van der Waals surface area contributed by atoms with Crippen LogP contribution in [0.3, 0.4) is 0 Å². The van der Waals surface area contributed by atoms with Crippen molar-refractivity contribution in [1.82, 2.24) is 0 Å². The molecule has 0 aromatic heterocycles. The lowest BCUT2D eigenvalue weighted by Crippen LogP contribution is -2.40. The summed E-state index contributed by atoms with van der Waals surface area (Å²) in [7, 11) is 0. The molecule has 1 heterocycles. The topological polar surface area (TPSA) is 40.5 Å². The van der Waals surface area contributed by atoms with Gasteiger partial charge in [0.25, 0.3) is 5.91 Å². The Morgan fingerprint density at radius 3 is 2.24 bits per heavy atom. The lowest BCUT2D eigenvalue weighted by Gasteiger charge is -2.24. The average molecular weight is 329 g/mol. The maximum Gasteiger partial charge on any atom is 0.268 e. The molecule has 3 nitrogen and oxygen atoms in total. The number of para-hydroxylation sites is 1. The quantitative estimate of drug-likeness (QED) is 0.794. The number of aliphatic hydroxyl groups is 1. The molecule has 0 spiro atoms. The SMILES string of the molecule is Cc1ccc(C2(O)C(=O)N(Cc3ccccc3)c3ccccc32)cc1. The first-order chi connectivity index (χ1) is 12.1. The van der Waals surface area contributed by atoms with Gasteiger partial charge >= 0.3 is 0 Å². The summed E-state index contributed by atoms with van der Waals surface area (Å²) in [6.07, 6.45) is 0. The van der Waals surface area contributed by atoms with Crippen LogP contribution in [0.5, 0.6) is 0 Å². The molecule has 0 radical (unpaired) electrons. The maximum absolute atomic E-state index is 13.2. The molecular weight excluding hydrogens is 310 g/mol. The minimum atomic E-state index is -1.64. The van der Waals surface area contributed by atoms with E-state index in [0.29, 0.717) is 17.7 Å². The number of nitrogens with zero attached hydrogens (tertiary/aromatic N) is 1. The van der Waals surface area contributed by atoms with E-state index in [-0.39, 0.29) is 5.91 Å². The zero-order valence-corrected chi connectivity index (χ0v) is 14.0. The number of amides is 1. The third-order valence-corrected chi connectivity index (χ3v) is 4.79. The number of hydrogen-bond donors (Lipinski definition) is 1. The molecule has 1 aliphatic rings. The first kappa shape index (κ1) is 15.6. The van der Waals surface area contributed by atoms with Crippen LogP contribution in [0, 0.1) is 6.92 Å². The normalized spacial score (nSPS) is 19.1. The molecule has 124 valence electrons. The van der Waals surface area contributed by atoms with E-state index in [1.807, 2.05) is 85.8 Å². The Kier molecular flexibility index (Phi) is 3.66. The molecule has 4 rings (SSSR count). The summed E-state index contributed by atoms with van der Waals surface area (Å²) in [4.78, 5) is 14.9. The smallest absolute Gasteiger partial charge is 0.268 e. The molecule has 0 saturated heterocycles. The van der Waals surface area contributed by atoms with Gasteiger partial charge in [-0.1, -0.05) is 78.4 Å². The fourth-order valence-corrected chi connectivity index (χ4v) is 3.43. The second-order valence-corrected chi connectivity index (χ2v) is 6.47. The Morgan fingerprint density at radius 2 is 1.52 bits per heavy atom. The number of anilines is 1. The van der Waals surface area contributed by atoms with Gasteiger partial charge in [-0.3, -0.25) is 4.79 Å². The van der Waals surface area contributed by atoms with Gasteiger partial charge in [-0.15, -0.1) is 0 Å². The fourth-order valence-electron chi connectivity index (χ4n) is 3.43. The van der Waals surface area contributed by atoms with Crippen molar-refractivity contribution in [2.75, 3.05) is 4.90 Å². The van der Waals surface area contributed by atoms with Gasteiger partial charge in [-0.2, -0.15) is 0 Å². The van der Waals surface area contributed by atoms with Gasteiger partial charge in [-0.25, -0.2) is 0 Å². The predicted molar refractivity (Wildman–Crippen MR) is 98.3 cm³/mol. The Balaban J connectivity index is 1.82. The number of carbonyl (C=O) groups excluding carboxylic acids is 1. The van der Waals surface area contributed by atoms with Crippen LogP contribution < -0.4 is 4.90 Å². The van der Waals surface area contributed by atoms with Crippen LogP contribution in [0.25, 0.3) is 0 Å². The van der Waals surface area contributed by atoms with Gasteiger partial charge in [0.05, 0.1) is 12.2 Å². The lowest BCUT2D eigenvalue weighted by atomic mass is 9.87. The third-order valence-electron chi connectivity index (χ3n) is 4.79. The zero-order chi connectivity index (χ0) is 17.4. The molecule has 1 atom stereocenters. The summed E-state index contributed by atoms with van der Waals surface area (Å²) in [6.45, 7) is 2.42. The first-order valence-corrected chi connectivity index (χ1v) is 8.35. The Labute approximate surface area is 147 Å². The van der Waals surface area contributed by atoms with Crippen LogP contribution in [-0.2, 0) is 16.9 Å². The second kappa shape index (κ2) is 5.87. The van der Waals surface area contributed by atoms with Crippen LogP contribution in [0.1, 0.15) is 22.3 Å². The van der Waals surface area contributed by atoms with Gasteiger partial charge < -0.3 is 10.0 Å². The van der Waals surface area contributed by atoms with E-state index in [9.17, 15) is 9.90 Å². The molecule has 1 amide bonds. The molecule has 1 aliphatic heterocycles. The summed E-state index contributed by atoms with van der Waals surface area (Å²) >= 11 is 0. The van der Waals surface area contributed by atoms with Gasteiger partial charge in [0.1, 0.15) is 0 Å². The molecule has 3 heteroatoms. The molecule has 0 aliphatic carbocycles. The molecule has 1 unspecified atom stereocenters. The molecular formula is C22H19NO2. The van der Waals surface area contributed by atoms with Crippen molar-refractivity contribution < 1.29 is 9.90 Å². The van der Waals surface area contributed by atoms with E-state index >= 15 is 0 Å². The Morgan fingerprint density at radius 1 is 0.880 bits per heavy atom. The average Bonchev–Trinajstić information content (AvgIpc) is 2.86. The van der Waals surface area contributed by atoms with Crippen LogP contribution in [0.15, 0.2) is 78.9 Å². The highest BCUT2D eigenvalue weighted by Crippen LogP contribution is 2.44. The molecule has 0 fully saturated rings. The zero-order valence-electron chi connectivity index (χ0n) is 14.0. The molecule has 3 aromatic carbocycles. The summed E-state index contributed by atoms with van der Waals surface area (Å²) in [6, 6.07) is 24.8. The summed E-state index contributed by atoms with van der Waals surface area (Å²) in [5.74, 6) is -0.304. The fraction of sp³-hybridized carbons (Fsp3) is 0.136. The largest absolute Gasteiger partial charge is 0.372 e. The second-order valence-electron chi connectivity index (χ2n) is 6.47. The minimum absolute atomic E-state index is 0.304. The first-order valence-electron chi connectivity index (χ1n) is 8.35. The van der Waals surface area contributed by atoms with E-state index in [4.69, 9.17) is 0 Å².